The number of nitrogens with zero attached hydrogens (tertiary/aromatic N) is 7. The number of carboxylic acids is 1. The fourth-order valence-corrected chi connectivity index (χ4v) is 14.8. The van der Waals surface area contributed by atoms with Crippen molar-refractivity contribution in [2.75, 3.05) is 6.61 Å². The Hall–Kier alpha value is -9.31. The number of Topliss-reactive ketones (excluding diaryl/α,β-unsaturated/α-hetero) is 2. The van der Waals surface area contributed by atoms with Crippen LogP contribution in [0.25, 0.3) is 43.4 Å². The Labute approximate surface area is 546 Å². The number of rotatable bonds is 16. The van der Waals surface area contributed by atoms with Crippen LogP contribution in [0.1, 0.15) is 123 Å². The number of aliphatic carboxylic acids is 1. The molecule has 1 aliphatic rings. The summed E-state index contributed by atoms with van der Waals surface area (Å²) in [7, 11) is 0. The van der Waals surface area contributed by atoms with E-state index in [-0.39, 0.29) is 89.2 Å². The van der Waals surface area contributed by atoms with Gasteiger partial charge in [-0.25, -0.2) is 39.7 Å². The zero-order valence-corrected chi connectivity index (χ0v) is 53.3. The van der Waals surface area contributed by atoms with E-state index in [1.165, 1.54) is 39.6 Å². The van der Waals surface area contributed by atoms with Gasteiger partial charge in [0.2, 0.25) is 11.8 Å². The lowest BCUT2D eigenvalue weighted by Crippen LogP contribution is -2.50. The van der Waals surface area contributed by atoms with E-state index in [0.29, 0.717) is 32.3 Å². The number of phenols is 1. The largest absolute Gasteiger partial charge is 0.508 e. The number of thiazole rings is 6. The van der Waals surface area contributed by atoms with Crippen LogP contribution >= 0.6 is 68.0 Å². The van der Waals surface area contributed by atoms with Crippen LogP contribution in [0, 0.1) is 12.8 Å². The number of carboxylic acid groups (broad SMARTS) is 1. The molecule has 0 saturated carbocycles. The summed E-state index contributed by atoms with van der Waals surface area (Å²) in [6, 6.07) is 14.2. The molecule has 1 aliphatic heterocycles. The molecule has 0 fully saturated rings. The first-order valence-electron chi connectivity index (χ1n) is 27.8. The molecular weight excluding hydrogens is 1300 g/mol. The van der Waals surface area contributed by atoms with Gasteiger partial charge in [0.15, 0.2) is 11.6 Å². The number of aliphatic hydroxyl groups is 3. The van der Waals surface area contributed by atoms with Crippen molar-refractivity contribution in [3.05, 3.63) is 172 Å². The number of pyridine rings is 1. The van der Waals surface area contributed by atoms with Gasteiger partial charge < -0.3 is 52.5 Å². The molecular formula is C61H54N12O13S6. The molecule has 92 heavy (non-hydrogen) atoms. The monoisotopic (exact) mass is 1350 g/mol. The quantitative estimate of drug-likeness (QED) is 0.0424. The first kappa shape index (κ1) is 65.6. The SMILES string of the molecule is C=C(CC(=O)C(=C)NC(=O)c1csc(-c2ccc3c(n2)-c2csc(n2)-c2csc(n2)C(C(C)C(O)CO)NC(=O)C(Cc2ccc(O)cc2)NC(=O)c2csc(n2)C(C(O)c2ccccc2)CC(=O)c2nc(sc2C)C(CC(N)=O)NC(=O)c2csc-3n2)n1)C(=O)O. The number of aromatic hydroxyl groups is 1. The molecule has 0 radical (unpaired) electrons. The first-order chi connectivity index (χ1) is 44.0. The molecule has 5 amide bonds. The fraction of sp³-hybridized carbons (Fsp3) is 0.230. The van der Waals surface area contributed by atoms with Crippen molar-refractivity contribution in [3.8, 4) is 49.1 Å². The van der Waals surface area contributed by atoms with Crippen LogP contribution < -0.4 is 27.0 Å². The Morgan fingerprint density at radius 1 is 0.696 bits per heavy atom. The summed E-state index contributed by atoms with van der Waals surface area (Å²) in [6.45, 7) is 9.48. The summed E-state index contributed by atoms with van der Waals surface area (Å²) in [4.78, 5) is 142. The first-order valence-corrected chi connectivity index (χ1v) is 33.0. The summed E-state index contributed by atoms with van der Waals surface area (Å²) >= 11 is 6.45. The Bertz CT molecular complexity index is 4340. The maximum absolute atomic E-state index is 14.8. The number of carbonyl (C=O) groups is 8. The third-order valence-corrected chi connectivity index (χ3v) is 20.1. The predicted molar refractivity (Wildman–Crippen MR) is 344 cm³/mol. The summed E-state index contributed by atoms with van der Waals surface area (Å²) in [5.74, 6) is -8.57. The number of aromatic nitrogens is 7. The van der Waals surface area contributed by atoms with Gasteiger partial charge in [0.05, 0.1) is 53.7 Å². The van der Waals surface area contributed by atoms with Crippen LogP contribution in [-0.4, -0.2) is 126 Å². The fourth-order valence-electron chi connectivity index (χ4n) is 9.52. The highest BCUT2D eigenvalue weighted by Crippen LogP contribution is 2.41. The molecule has 7 unspecified atom stereocenters. The van der Waals surface area contributed by atoms with E-state index in [1.807, 2.05) is 0 Å². The summed E-state index contributed by atoms with van der Waals surface area (Å²) in [5.41, 5.74) is 7.06. The van der Waals surface area contributed by atoms with Gasteiger partial charge in [0.25, 0.3) is 17.7 Å². The molecule has 2 aromatic carbocycles. The average molecular weight is 1360 g/mol. The number of hydrogen-bond acceptors (Lipinski definition) is 25. The van der Waals surface area contributed by atoms with Gasteiger partial charge in [-0.2, -0.15) is 0 Å². The molecule has 25 nitrogen and oxygen atoms in total. The zero-order chi connectivity index (χ0) is 65.7. The van der Waals surface area contributed by atoms with Crippen molar-refractivity contribution >= 4 is 115 Å². The molecule has 10 bridgehead atoms. The molecule has 0 spiro atoms. The zero-order valence-electron chi connectivity index (χ0n) is 48.4. The number of allylic oxidation sites excluding steroid dienone is 1. The van der Waals surface area contributed by atoms with Crippen LogP contribution in [0.5, 0.6) is 5.75 Å². The second-order valence-corrected chi connectivity index (χ2v) is 26.6. The van der Waals surface area contributed by atoms with Crippen molar-refractivity contribution in [2.45, 2.75) is 75.8 Å². The molecule has 8 heterocycles. The van der Waals surface area contributed by atoms with Crippen molar-refractivity contribution in [1.82, 2.24) is 56.2 Å². The average Bonchev–Trinajstić information content (AvgIpc) is 1.61. The standard InChI is InChI=1S/C61H54N12O13S6/c1-26(61(85)86)16-43(76)28(3)63-52(82)39-24-90-57(70-39)35-15-14-33-49(64-35)38-21-89-58(67-38)42-25-91-60(71-42)47(27(2)45(78)20-74)72-51(81)36(17-30-10-12-32(75)13-11-30)65-53(83)40-23-88-56(69-40)34(50(80)31-8-6-5-7-9-31)18-44(77)48-29(4)92-59(73-48)37(19-46(62)79)66-54(84)41-22-87-55(33)68-41/h5-15,21-25,27,34,36-37,45,47,50,74-75,78,80H,1,3,16-20H2,2,4H3,(H2,62,79)(H,63,82)(H,65,83)(H,66,84)(H,72,81)(H,85,86). The number of carbonyl (C=O) groups excluding carboxylic acids is 7. The van der Waals surface area contributed by atoms with E-state index in [4.69, 9.17) is 25.7 Å². The van der Waals surface area contributed by atoms with Crippen molar-refractivity contribution in [3.63, 3.8) is 0 Å². The lowest BCUT2D eigenvalue weighted by atomic mass is 9.90. The van der Waals surface area contributed by atoms with E-state index in [0.717, 1.165) is 56.7 Å². The van der Waals surface area contributed by atoms with Crippen LogP contribution in [-0.2, 0) is 25.6 Å². The highest BCUT2D eigenvalue weighted by atomic mass is 32.1. The van der Waals surface area contributed by atoms with Crippen LogP contribution in [0.2, 0.25) is 0 Å². The Balaban J connectivity index is 1.06. The molecule has 10 rings (SSSR count). The smallest absolute Gasteiger partial charge is 0.331 e. The number of nitrogens with one attached hydrogen (secondary N) is 4. The normalized spacial score (nSPS) is 17.3. The Morgan fingerprint density at radius 2 is 1.33 bits per heavy atom. The number of amides is 5. The third kappa shape index (κ3) is 15.0. The highest BCUT2D eigenvalue weighted by molar-refractivity contribution is 7.15. The third-order valence-electron chi connectivity index (χ3n) is 14.6. The number of aliphatic hydroxyl groups excluding tert-OH is 3. The van der Waals surface area contributed by atoms with Gasteiger partial charge in [-0.05, 0) is 42.3 Å². The molecule has 31 heteroatoms. The number of nitrogens with two attached hydrogens (primary N) is 1. The molecule has 0 saturated heterocycles. The van der Waals surface area contributed by atoms with Crippen LogP contribution in [0.15, 0.2) is 118 Å². The van der Waals surface area contributed by atoms with Crippen LogP contribution in [0.3, 0.4) is 0 Å². The van der Waals surface area contributed by atoms with Gasteiger partial charge in [0.1, 0.15) is 76.7 Å². The number of hydrogen-bond donors (Lipinski definition) is 10. The van der Waals surface area contributed by atoms with Crippen molar-refractivity contribution in [1.29, 1.82) is 0 Å². The number of benzene rings is 2. The predicted octanol–water partition coefficient (Wildman–Crippen LogP) is 7.28. The minimum atomic E-state index is -1.39. The lowest BCUT2D eigenvalue weighted by Gasteiger charge is -2.28. The van der Waals surface area contributed by atoms with Gasteiger partial charge >= 0.3 is 5.97 Å². The molecule has 9 aromatic rings. The molecule has 11 N–H and O–H groups in total. The van der Waals surface area contributed by atoms with Gasteiger partial charge in [-0.15, -0.1) is 68.0 Å². The van der Waals surface area contributed by atoms with E-state index in [2.05, 4.69) is 49.4 Å². The van der Waals surface area contributed by atoms with E-state index >= 15 is 0 Å². The summed E-state index contributed by atoms with van der Waals surface area (Å²) in [5, 5.41) is 72.9. The Morgan fingerprint density at radius 3 is 2.04 bits per heavy atom. The Kier molecular flexibility index (Phi) is 20.3. The minimum Gasteiger partial charge on any atom is -0.508 e. The van der Waals surface area contributed by atoms with E-state index < -0.39 is 114 Å². The number of fused-ring (bicyclic) bond motifs is 14. The van der Waals surface area contributed by atoms with Crippen molar-refractivity contribution in [2.24, 2.45) is 11.7 Å². The summed E-state index contributed by atoms with van der Waals surface area (Å²) in [6.07, 6.45) is -4.23. The summed E-state index contributed by atoms with van der Waals surface area (Å²) < 4.78 is 0. The van der Waals surface area contributed by atoms with Gasteiger partial charge in [-0.1, -0.05) is 62.5 Å². The second kappa shape index (κ2) is 28.5. The number of primary amides is 1. The van der Waals surface area contributed by atoms with Gasteiger partial charge in [-0.3, -0.25) is 33.6 Å². The van der Waals surface area contributed by atoms with Gasteiger partial charge in [0, 0.05) is 74.0 Å². The topological polar surface area (TPSA) is 402 Å². The highest BCUT2D eigenvalue weighted by Gasteiger charge is 2.36. The molecule has 7 atom stereocenters. The molecule has 7 aromatic heterocycles. The molecule has 472 valence electrons. The number of aryl methyl sites for hydroxylation is 1. The van der Waals surface area contributed by atoms with Crippen molar-refractivity contribution < 1.29 is 63.9 Å². The lowest BCUT2D eigenvalue weighted by molar-refractivity contribution is -0.133. The number of phenolic OH excluding ortho intramolecular Hbond substituents is 1. The number of ketones is 2. The van der Waals surface area contributed by atoms with E-state index in [1.54, 1.807) is 79.2 Å². The van der Waals surface area contributed by atoms with E-state index in [9.17, 15) is 63.9 Å². The maximum atomic E-state index is 14.8. The second-order valence-electron chi connectivity index (χ2n) is 21.0. The maximum Gasteiger partial charge on any atom is 0.331 e. The molecule has 0 aliphatic carbocycles. The minimum absolute atomic E-state index is 0.0188. The van der Waals surface area contributed by atoms with Crippen LogP contribution in [0.4, 0.5) is 0 Å².